The van der Waals surface area contributed by atoms with E-state index in [1.54, 1.807) is 0 Å². The molecule has 2 heterocycles. The number of fused-ring (bicyclic) bond motifs is 1. The molecule has 9 heteroatoms. The number of nitrogens with zero attached hydrogens (tertiary/aromatic N) is 3. The molecule has 0 spiro atoms. The van der Waals surface area contributed by atoms with Crippen molar-refractivity contribution < 1.29 is 18.4 Å². The third kappa shape index (κ3) is 4.76. The summed E-state index contributed by atoms with van der Waals surface area (Å²) < 4.78 is 26.7. The van der Waals surface area contributed by atoms with Crippen LogP contribution in [0.3, 0.4) is 0 Å². The molecule has 160 valence electrons. The monoisotopic (exact) mass is 425 g/mol. The third-order valence-electron chi connectivity index (χ3n) is 5.03. The third-order valence-corrected chi connectivity index (χ3v) is 5.03. The van der Waals surface area contributed by atoms with Gasteiger partial charge in [0, 0.05) is 32.1 Å². The highest BCUT2D eigenvalue weighted by atomic mass is 19.1. The maximum atomic E-state index is 13.7. The summed E-state index contributed by atoms with van der Waals surface area (Å²) in [6.45, 7) is 1.67. The van der Waals surface area contributed by atoms with Crippen LogP contribution in [0.15, 0.2) is 42.5 Å². The fourth-order valence-corrected chi connectivity index (χ4v) is 3.48. The largest absolute Gasteiger partial charge is 0.354 e. The Morgan fingerprint density at radius 3 is 2.42 bits per heavy atom. The van der Waals surface area contributed by atoms with Gasteiger partial charge >= 0.3 is 0 Å². The predicted octanol–water partition coefficient (Wildman–Crippen LogP) is 3.27. The fraction of sp³-hybridized carbons (Fsp3) is 0.273. The summed E-state index contributed by atoms with van der Waals surface area (Å²) in [5.74, 6) is -1.79. The summed E-state index contributed by atoms with van der Waals surface area (Å²) in [5, 5.41) is 5.25. The molecule has 31 heavy (non-hydrogen) atoms. The minimum absolute atomic E-state index is 0.0124. The van der Waals surface area contributed by atoms with Crippen LogP contribution < -0.4 is 15.5 Å². The zero-order valence-electron chi connectivity index (χ0n) is 16.7. The lowest BCUT2D eigenvalue weighted by atomic mass is 10.2. The van der Waals surface area contributed by atoms with Crippen LogP contribution in [-0.2, 0) is 4.79 Å². The summed E-state index contributed by atoms with van der Waals surface area (Å²) in [6, 6.07) is 10.1. The fourth-order valence-electron chi connectivity index (χ4n) is 3.48. The zero-order chi connectivity index (χ0) is 21.8. The second kappa shape index (κ2) is 9.03. The van der Waals surface area contributed by atoms with Crippen LogP contribution in [0.1, 0.15) is 29.6 Å². The van der Waals surface area contributed by atoms with Crippen molar-refractivity contribution in [2.24, 2.45) is 0 Å². The number of anilines is 2. The number of para-hydroxylation sites is 2. The summed E-state index contributed by atoms with van der Waals surface area (Å²) in [5.41, 5.74) is 1.13. The molecule has 1 saturated heterocycles. The SMILES string of the molecule is O=C(CCNC(=O)c1ccc(F)cc1F)Nc1nc2ccccc2nc1N1CCCC1. The number of amides is 2. The van der Waals surface area contributed by atoms with Gasteiger partial charge in [-0.3, -0.25) is 9.59 Å². The lowest BCUT2D eigenvalue weighted by Crippen LogP contribution is -2.29. The molecule has 1 fully saturated rings. The summed E-state index contributed by atoms with van der Waals surface area (Å²) in [6.07, 6.45) is 2.06. The van der Waals surface area contributed by atoms with Gasteiger partial charge in [-0.15, -0.1) is 0 Å². The van der Waals surface area contributed by atoms with Gasteiger partial charge in [0.2, 0.25) is 5.91 Å². The van der Waals surface area contributed by atoms with Crippen LogP contribution in [0.4, 0.5) is 20.4 Å². The normalized spacial score (nSPS) is 13.4. The maximum Gasteiger partial charge on any atom is 0.254 e. The molecule has 0 aliphatic carbocycles. The van der Waals surface area contributed by atoms with Gasteiger partial charge in [-0.25, -0.2) is 18.7 Å². The van der Waals surface area contributed by atoms with E-state index in [9.17, 15) is 18.4 Å². The minimum atomic E-state index is -0.955. The highest BCUT2D eigenvalue weighted by Crippen LogP contribution is 2.27. The highest BCUT2D eigenvalue weighted by Gasteiger charge is 2.21. The number of hydrogen-bond donors (Lipinski definition) is 2. The Balaban J connectivity index is 1.42. The van der Waals surface area contributed by atoms with Gasteiger partial charge in [0.15, 0.2) is 11.6 Å². The molecule has 0 saturated carbocycles. The number of benzene rings is 2. The molecule has 7 nitrogen and oxygen atoms in total. The Hall–Kier alpha value is -3.62. The zero-order valence-corrected chi connectivity index (χ0v) is 16.7. The minimum Gasteiger partial charge on any atom is -0.354 e. The van der Waals surface area contributed by atoms with Crippen molar-refractivity contribution >= 4 is 34.5 Å². The van der Waals surface area contributed by atoms with Crippen molar-refractivity contribution in [1.82, 2.24) is 15.3 Å². The van der Waals surface area contributed by atoms with Crippen molar-refractivity contribution in [3.05, 3.63) is 59.7 Å². The van der Waals surface area contributed by atoms with Gasteiger partial charge in [-0.2, -0.15) is 0 Å². The molecule has 2 aromatic carbocycles. The van der Waals surface area contributed by atoms with E-state index in [2.05, 4.69) is 25.5 Å². The Kier molecular flexibility index (Phi) is 6.01. The molecule has 3 aromatic rings. The van der Waals surface area contributed by atoms with E-state index in [0.29, 0.717) is 23.2 Å². The molecule has 0 unspecified atom stereocenters. The molecule has 1 aliphatic rings. The van der Waals surface area contributed by atoms with E-state index >= 15 is 0 Å². The average molecular weight is 425 g/mol. The van der Waals surface area contributed by atoms with Crippen molar-refractivity contribution in [2.75, 3.05) is 29.9 Å². The Morgan fingerprint density at radius 2 is 1.71 bits per heavy atom. The molecular formula is C22H21F2N5O2. The van der Waals surface area contributed by atoms with Gasteiger partial charge in [-0.1, -0.05) is 12.1 Å². The number of carbonyl (C=O) groups excluding carboxylic acids is 2. The maximum absolute atomic E-state index is 13.7. The van der Waals surface area contributed by atoms with Gasteiger partial charge in [-0.05, 0) is 37.1 Å². The Bertz CT molecular complexity index is 1130. The topological polar surface area (TPSA) is 87.2 Å². The standard InChI is InChI=1S/C22H21F2N5O2/c23-14-7-8-15(16(24)13-14)22(31)25-10-9-19(30)28-20-21(29-11-3-4-12-29)27-18-6-2-1-5-17(18)26-20/h1-2,5-8,13H,3-4,9-12H2,(H,25,31)(H,26,28,30). The first-order chi connectivity index (χ1) is 15.0. The van der Waals surface area contributed by atoms with Crippen LogP contribution in [0.5, 0.6) is 0 Å². The number of nitrogens with one attached hydrogen (secondary N) is 2. The van der Waals surface area contributed by atoms with Crippen LogP contribution in [-0.4, -0.2) is 41.4 Å². The predicted molar refractivity (Wildman–Crippen MR) is 113 cm³/mol. The highest BCUT2D eigenvalue weighted by molar-refractivity contribution is 5.96. The molecule has 4 rings (SSSR count). The van der Waals surface area contributed by atoms with Crippen LogP contribution >= 0.6 is 0 Å². The quantitative estimate of drug-likeness (QED) is 0.633. The number of rotatable bonds is 6. The van der Waals surface area contributed by atoms with Gasteiger partial charge in [0.25, 0.3) is 5.91 Å². The molecule has 0 radical (unpaired) electrons. The summed E-state index contributed by atoms with van der Waals surface area (Å²) >= 11 is 0. The van der Waals surface area contributed by atoms with Gasteiger partial charge in [0.05, 0.1) is 16.6 Å². The lowest BCUT2D eigenvalue weighted by molar-refractivity contribution is -0.116. The van der Waals surface area contributed by atoms with Crippen molar-refractivity contribution in [1.29, 1.82) is 0 Å². The van der Waals surface area contributed by atoms with Crippen LogP contribution in [0.2, 0.25) is 0 Å². The summed E-state index contributed by atoms with van der Waals surface area (Å²) in [4.78, 5) is 35.9. The first-order valence-electron chi connectivity index (χ1n) is 10.1. The van der Waals surface area contributed by atoms with E-state index in [1.165, 1.54) is 0 Å². The number of halogens is 2. The number of carbonyl (C=O) groups is 2. The molecule has 2 N–H and O–H groups in total. The van der Waals surface area contributed by atoms with E-state index in [-0.39, 0.29) is 24.4 Å². The van der Waals surface area contributed by atoms with Gasteiger partial charge < -0.3 is 15.5 Å². The average Bonchev–Trinajstić information content (AvgIpc) is 3.28. The van der Waals surface area contributed by atoms with E-state index in [1.807, 2.05) is 24.3 Å². The number of aromatic nitrogens is 2. The van der Waals surface area contributed by atoms with E-state index < -0.39 is 17.5 Å². The molecule has 2 amide bonds. The first-order valence-corrected chi connectivity index (χ1v) is 10.1. The smallest absolute Gasteiger partial charge is 0.254 e. The molecule has 1 aromatic heterocycles. The van der Waals surface area contributed by atoms with Crippen molar-refractivity contribution in [3.8, 4) is 0 Å². The van der Waals surface area contributed by atoms with Gasteiger partial charge in [0.1, 0.15) is 11.6 Å². The second-order valence-electron chi connectivity index (χ2n) is 7.26. The second-order valence-corrected chi connectivity index (χ2v) is 7.26. The molecule has 0 atom stereocenters. The van der Waals surface area contributed by atoms with Crippen LogP contribution in [0.25, 0.3) is 11.0 Å². The van der Waals surface area contributed by atoms with Crippen LogP contribution in [0, 0.1) is 11.6 Å². The molecule has 0 bridgehead atoms. The van der Waals surface area contributed by atoms with Crippen molar-refractivity contribution in [2.45, 2.75) is 19.3 Å². The van der Waals surface area contributed by atoms with E-state index in [0.717, 1.165) is 43.6 Å². The number of hydrogen-bond acceptors (Lipinski definition) is 5. The lowest BCUT2D eigenvalue weighted by Gasteiger charge is -2.20. The Labute approximate surface area is 177 Å². The van der Waals surface area contributed by atoms with E-state index in [4.69, 9.17) is 0 Å². The molecular weight excluding hydrogens is 404 g/mol. The summed E-state index contributed by atoms with van der Waals surface area (Å²) in [7, 11) is 0. The molecule has 1 aliphatic heterocycles. The first kappa shape index (κ1) is 20.6. The Morgan fingerprint density at radius 1 is 1.00 bits per heavy atom. The van der Waals surface area contributed by atoms with Crippen molar-refractivity contribution in [3.63, 3.8) is 0 Å².